The van der Waals surface area contributed by atoms with Gasteiger partial charge in [0.2, 0.25) is 0 Å². The highest BCUT2D eigenvalue weighted by molar-refractivity contribution is 5.93. The quantitative estimate of drug-likeness (QED) is 0.187. The molecule has 42 heavy (non-hydrogen) atoms. The van der Waals surface area contributed by atoms with Crippen LogP contribution in [0.1, 0.15) is 24.0 Å². The number of benzene rings is 3. The Morgan fingerprint density at radius 1 is 1.07 bits per heavy atom. The summed E-state index contributed by atoms with van der Waals surface area (Å²) in [5.41, 5.74) is 2.79. The first-order valence-electron chi connectivity index (χ1n) is 14.0. The second-order valence-electron chi connectivity index (χ2n) is 10.3. The minimum Gasteiger partial charge on any atom is -0.493 e. The smallest absolute Gasteiger partial charge is 0.268 e. The van der Waals surface area contributed by atoms with E-state index in [9.17, 15) is 9.90 Å². The largest absolute Gasteiger partial charge is 0.493 e. The Kier molecular flexibility index (Phi) is 9.48. The van der Waals surface area contributed by atoms with Gasteiger partial charge in [-0.05, 0) is 74.2 Å². The zero-order valence-electron chi connectivity index (χ0n) is 23.7. The highest BCUT2D eigenvalue weighted by Gasteiger charge is 2.19. The maximum absolute atomic E-state index is 15.1. The monoisotopic (exact) mass is 574 g/mol. The lowest BCUT2D eigenvalue weighted by Crippen LogP contribution is -2.40. The predicted octanol–water partition coefficient (Wildman–Crippen LogP) is 4.91. The van der Waals surface area contributed by atoms with E-state index in [0.717, 1.165) is 43.1 Å². The van der Waals surface area contributed by atoms with Gasteiger partial charge in [0.15, 0.2) is 29.3 Å². The summed E-state index contributed by atoms with van der Waals surface area (Å²) in [4.78, 5) is 16.9. The molecular formula is C32H35FN4O5. The van der Waals surface area contributed by atoms with Gasteiger partial charge in [-0.15, -0.1) is 0 Å². The Labute approximate surface area is 244 Å². The van der Waals surface area contributed by atoms with Gasteiger partial charge in [0.05, 0.1) is 19.2 Å². The third-order valence-corrected chi connectivity index (χ3v) is 7.34. The van der Waals surface area contributed by atoms with Crippen molar-refractivity contribution in [3.05, 3.63) is 83.8 Å². The van der Waals surface area contributed by atoms with Crippen molar-refractivity contribution in [3.63, 3.8) is 0 Å². The van der Waals surface area contributed by atoms with Crippen LogP contribution in [0.4, 0.5) is 10.1 Å². The summed E-state index contributed by atoms with van der Waals surface area (Å²) in [7, 11) is 1.57. The SMILES string of the molecule is COc1cc2c(Oc3ccc(NC(=O)C(O)NCc4ccccc4C)cc3F)ccnc2cc1OCC1CCNCC1. The van der Waals surface area contributed by atoms with E-state index >= 15 is 4.39 Å². The van der Waals surface area contributed by atoms with Crippen LogP contribution >= 0.6 is 0 Å². The van der Waals surface area contributed by atoms with Crippen LogP contribution < -0.4 is 30.2 Å². The number of aliphatic hydroxyl groups is 1. The topological polar surface area (TPSA) is 114 Å². The second kappa shape index (κ2) is 13.6. The molecule has 1 aliphatic rings. The molecule has 1 saturated heterocycles. The minimum absolute atomic E-state index is 0.0380. The summed E-state index contributed by atoms with van der Waals surface area (Å²) in [6.07, 6.45) is 2.23. The molecule has 10 heteroatoms. The Morgan fingerprint density at radius 2 is 1.88 bits per heavy atom. The molecule has 2 heterocycles. The van der Waals surface area contributed by atoms with Crippen molar-refractivity contribution >= 4 is 22.5 Å². The van der Waals surface area contributed by atoms with Crippen LogP contribution in [-0.2, 0) is 11.3 Å². The summed E-state index contributed by atoms with van der Waals surface area (Å²) in [5, 5.41) is 19.5. The maximum atomic E-state index is 15.1. The van der Waals surface area contributed by atoms with Gasteiger partial charge in [-0.1, -0.05) is 24.3 Å². The number of amides is 1. The van der Waals surface area contributed by atoms with Crippen molar-refractivity contribution in [1.82, 2.24) is 15.6 Å². The van der Waals surface area contributed by atoms with Crippen LogP contribution in [0.3, 0.4) is 0 Å². The van der Waals surface area contributed by atoms with Crippen molar-refractivity contribution in [2.24, 2.45) is 5.92 Å². The molecule has 0 bridgehead atoms. The number of nitrogens with one attached hydrogen (secondary N) is 3. The van der Waals surface area contributed by atoms with Crippen molar-refractivity contribution in [3.8, 4) is 23.0 Å². The van der Waals surface area contributed by atoms with Gasteiger partial charge < -0.3 is 30.0 Å². The number of methoxy groups -OCH3 is 1. The Hall–Kier alpha value is -4.25. The molecule has 0 saturated carbocycles. The number of hydrogen-bond donors (Lipinski definition) is 4. The first-order valence-corrected chi connectivity index (χ1v) is 14.0. The van der Waals surface area contributed by atoms with Gasteiger partial charge in [0, 0.05) is 35.9 Å². The molecule has 9 nitrogen and oxygen atoms in total. The summed E-state index contributed by atoms with van der Waals surface area (Å²) >= 11 is 0. The normalized spacial score (nSPS) is 14.4. The molecule has 4 aromatic rings. The van der Waals surface area contributed by atoms with Crippen LogP contribution in [0.5, 0.6) is 23.0 Å². The summed E-state index contributed by atoms with van der Waals surface area (Å²) < 4.78 is 32.7. The van der Waals surface area contributed by atoms with Crippen LogP contribution in [-0.4, -0.2) is 49.0 Å². The minimum atomic E-state index is -1.48. The predicted molar refractivity (Wildman–Crippen MR) is 159 cm³/mol. The lowest BCUT2D eigenvalue weighted by atomic mass is 9.99. The number of pyridine rings is 1. The third kappa shape index (κ3) is 7.14. The maximum Gasteiger partial charge on any atom is 0.268 e. The van der Waals surface area contributed by atoms with E-state index in [2.05, 4.69) is 20.9 Å². The number of aliphatic hydroxyl groups excluding tert-OH is 1. The first-order chi connectivity index (χ1) is 20.4. The van der Waals surface area contributed by atoms with Gasteiger partial charge in [-0.3, -0.25) is 15.1 Å². The molecule has 4 N–H and O–H groups in total. The molecule has 3 aromatic carbocycles. The van der Waals surface area contributed by atoms with E-state index in [1.165, 1.54) is 12.1 Å². The molecule has 1 unspecified atom stereocenters. The zero-order valence-corrected chi connectivity index (χ0v) is 23.7. The molecule has 5 rings (SSSR count). The molecule has 1 amide bonds. The molecule has 1 aromatic heterocycles. The van der Waals surface area contributed by atoms with Gasteiger partial charge >= 0.3 is 0 Å². The lowest BCUT2D eigenvalue weighted by Gasteiger charge is -2.23. The first kappa shape index (κ1) is 29.2. The van der Waals surface area contributed by atoms with Crippen LogP contribution in [0.2, 0.25) is 0 Å². The number of hydrogen-bond acceptors (Lipinski definition) is 8. The molecule has 0 spiro atoms. The molecule has 0 aliphatic carbocycles. The van der Waals surface area contributed by atoms with E-state index in [-0.39, 0.29) is 11.4 Å². The van der Waals surface area contributed by atoms with E-state index in [4.69, 9.17) is 14.2 Å². The number of anilines is 1. The Morgan fingerprint density at radius 3 is 2.64 bits per heavy atom. The third-order valence-electron chi connectivity index (χ3n) is 7.34. The molecular weight excluding hydrogens is 539 g/mol. The molecule has 220 valence electrons. The summed E-state index contributed by atoms with van der Waals surface area (Å²) in [5.74, 6) is 0.551. The Bertz CT molecular complexity index is 1540. The highest BCUT2D eigenvalue weighted by atomic mass is 19.1. The Balaban J connectivity index is 1.25. The fraction of sp³-hybridized carbons (Fsp3) is 0.312. The number of halogens is 1. The molecule has 1 atom stereocenters. The van der Waals surface area contributed by atoms with Crippen LogP contribution in [0.25, 0.3) is 10.9 Å². The zero-order chi connectivity index (χ0) is 29.5. The highest BCUT2D eigenvalue weighted by Crippen LogP contribution is 2.38. The number of fused-ring (bicyclic) bond motifs is 1. The number of aryl methyl sites for hydroxylation is 1. The van der Waals surface area contributed by atoms with Crippen LogP contribution in [0, 0.1) is 18.7 Å². The summed E-state index contributed by atoms with van der Waals surface area (Å²) in [6.45, 7) is 4.82. The van der Waals surface area contributed by atoms with Gasteiger partial charge in [-0.25, -0.2) is 4.39 Å². The number of piperidine rings is 1. The van der Waals surface area contributed by atoms with Crippen molar-refractivity contribution in [1.29, 1.82) is 0 Å². The van der Waals surface area contributed by atoms with E-state index in [1.54, 1.807) is 31.5 Å². The average molecular weight is 575 g/mol. The fourth-order valence-electron chi connectivity index (χ4n) is 4.84. The van der Waals surface area contributed by atoms with E-state index in [0.29, 0.717) is 47.2 Å². The van der Waals surface area contributed by atoms with Gasteiger partial charge in [0.25, 0.3) is 5.91 Å². The van der Waals surface area contributed by atoms with E-state index in [1.807, 2.05) is 31.2 Å². The second-order valence-corrected chi connectivity index (χ2v) is 10.3. The van der Waals surface area contributed by atoms with Gasteiger partial charge in [-0.2, -0.15) is 0 Å². The molecule has 1 aliphatic heterocycles. The number of carbonyl (C=O) groups is 1. The lowest BCUT2D eigenvalue weighted by molar-refractivity contribution is -0.125. The number of nitrogens with zero attached hydrogens (tertiary/aromatic N) is 1. The van der Waals surface area contributed by atoms with Crippen molar-refractivity contribution in [2.45, 2.75) is 32.5 Å². The number of carbonyl (C=O) groups excluding carboxylic acids is 1. The summed E-state index contributed by atoms with van der Waals surface area (Å²) in [6, 6.07) is 16.9. The van der Waals surface area contributed by atoms with Crippen LogP contribution in [0.15, 0.2) is 66.9 Å². The van der Waals surface area contributed by atoms with Crippen molar-refractivity contribution < 1.29 is 28.5 Å². The number of rotatable bonds is 11. The van der Waals surface area contributed by atoms with E-state index < -0.39 is 18.0 Å². The molecule has 1 fully saturated rings. The fourth-order valence-corrected chi connectivity index (χ4v) is 4.84. The molecule has 0 radical (unpaired) electrons. The van der Waals surface area contributed by atoms with Crippen molar-refractivity contribution in [2.75, 3.05) is 32.1 Å². The van der Waals surface area contributed by atoms with Gasteiger partial charge in [0.1, 0.15) is 5.75 Å². The average Bonchev–Trinajstić information content (AvgIpc) is 3.01. The standard InChI is InChI=1S/C32H35FN4O5/c1-20-5-3-4-6-22(20)18-36-31(38)32(39)37-23-7-8-28(25(33)15-23)42-27-11-14-35-26-17-30(29(40-2)16-24(26)27)41-19-21-9-12-34-13-10-21/h3-8,11,14-17,21,31,34,36,38H,9-10,12-13,18-19H2,1-2H3,(H,37,39). The number of aromatic nitrogens is 1. The number of ether oxygens (including phenoxy) is 3.